The first-order valence-electron chi connectivity index (χ1n) is 5.48. The van der Waals surface area contributed by atoms with E-state index in [0.717, 1.165) is 5.56 Å². The highest BCUT2D eigenvalue weighted by Crippen LogP contribution is 2.18. The Kier molecular flexibility index (Phi) is 4.19. The summed E-state index contributed by atoms with van der Waals surface area (Å²) in [5.41, 5.74) is 0.804. The van der Waals surface area contributed by atoms with Gasteiger partial charge in [-0.15, -0.1) is 11.3 Å². The highest BCUT2D eigenvalue weighted by Gasteiger charge is 2.22. The van der Waals surface area contributed by atoms with Crippen LogP contribution >= 0.6 is 11.3 Å². The largest absolute Gasteiger partial charge is 0.479 e. The molecule has 0 aliphatic heterocycles. The van der Waals surface area contributed by atoms with Gasteiger partial charge in [-0.05, 0) is 17.5 Å². The standard InChI is InChI=1S/C12H12N2O4S/c15-11(16)10(9-2-1-5-19-9)14-12(17)13-6-8-3-4-18-7-8/h1-5,7,10H,6H2,(H,15,16)(H2,13,14,17). The van der Waals surface area contributed by atoms with E-state index in [2.05, 4.69) is 10.6 Å². The Labute approximate surface area is 113 Å². The maximum Gasteiger partial charge on any atom is 0.331 e. The number of aliphatic carboxylic acids is 1. The van der Waals surface area contributed by atoms with E-state index in [1.54, 1.807) is 23.6 Å². The fourth-order valence-electron chi connectivity index (χ4n) is 1.47. The molecule has 2 aromatic heterocycles. The van der Waals surface area contributed by atoms with Crippen molar-refractivity contribution in [1.29, 1.82) is 0 Å². The maximum absolute atomic E-state index is 11.6. The molecule has 6 nitrogen and oxygen atoms in total. The minimum Gasteiger partial charge on any atom is -0.479 e. The lowest BCUT2D eigenvalue weighted by Gasteiger charge is -2.13. The zero-order valence-corrected chi connectivity index (χ0v) is 10.6. The number of carbonyl (C=O) groups is 2. The minimum atomic E-state index is -1.10. The van der Waals surface area contributed by atoms with Crippen molar-refractivity contribution in [3.63, 3.8) is 0 Å². The van der Waals surface area contributed by atoms with Crippen molar-refractivity contribution in [1.82, 2.24) is 10.6 Å². The first kappa shape index (κ1) is 13.2. The molecule has 0 aliphatic carbocycles. The summed E-state index contributed by atoms with van der Waals surface area (Å²) in [6, 6.07) is 3.54. The lowest BCUT2D eigenvalue weighted by molar-refractivity contribution is -0.139. The highest BCUT2D eigenvalue weighted by molar-refractivity contribution is 7.10. The molecule has 1 atom stereocenters. The molecular weight excluding hydrogens is 268 g/mol. The molecule has 0 bridgehead atoms. The molecule has 0 aromatic carbocycles. The Morgan fingerprint density at radius 1 is 1.42 bits per heavy atom. The second-order valence-electron chi connectivity index (χ2n) is 3.75. The van der Waals surface area contributed by atoms with Gasteiger partial charge in [0, 0.05) is 17.0 Å². The van der Waals surface area contributed by atoms with E-state index < -0.39 is 18.0 Å². The third-order valence-corrected chi connectivity index (χ3v) is 3.32. The number of rotatable bonds is 5. The lowest BCUT2D eigenvalue weighted by Crippen LogP contribution is -2.40. The molecule has 100 valence electrons. The fourth-order valence-corrected chi connectivity index (χ4v) is 2.24. The van der Waals surface area contributed by atoms with Gasteiger partial charge < -0.3 is 20.2 Å². The van der Waals surface area contributed by atoms with E-state index in [9.17, 15) is 9.59 Å². The van der Waals surface area contributed by atoms with Crippen LogP contribution in [0.15, 0.2) is 40.5 Å². The zero-order chi connectivity index (χ0) is 13.7. The molecule has 0 fully saturated rings. The van der Waals surface area contributed by atoms with Crippen LogP contribution in [-0.2, 0) is 11.3 Å². The van der Waals surface area contributed by atoms with Crippen LogP contribution in [0.2, 0.25) is 0 Å². The number of hydrogen-bond acceptors (Lipinski definition) is 4. The summed E-state index contributed by atoms with van der Waals surface area (Å²) >= 11 is 1.28. The minimum absolute atomic E-state index is 0.277. The molecule has 0 aliphatic rings. The van der Waals surface area contributed by atoms with Gasteiger partial charge in [0.1, 0.15) is 0 Å². The van der Waals surface area contributed by atoms with Crippen LogP contribution < -0.4 is 10.6 Å². The number of carboxylic acid groups (broad SMARTS) is 1. The van der Waals surface area contributed by atoms with Gasteiger partial charge in [-0.1, -0.05) is 6.07 Å². The molecule has 19 heavy (non-hydrogen) atoms. The molecule has 2 amide bonds. The molecule has 0 saturated carbocycles. The van der Waals surface area contributed by atoms with Gasteiger partial charge in [-0.3, -0.25) is 0 Å². The number of nitrogens with one attached hydrogen (secondary N) is 2. The number of amides is 2. The van der Waals surface area contributed by atoms with Gasteiger partial charge in [0.2, 0.25) is 0 Å². The quantitative estimate of drug-likeness (QED) is 0.780. The fraction of sp³-hybridized carbons (Fsp3) is 0.167. The summed E-state index contributed by atoms with van der Waals surface area (Å²) < 4.78 is 4.86. The molecular formula is C12H12N2O4S. The van der Waals surface area contributed by atoms with Gasteiger partial charge >= 0.3 is 12.0 Å². The number of urea groups is 1. The monoisotopic (exact) mass is 280 g/mol. The van der Waals surface area contributed by atoms with Crippen LogP contribution in [0.5, 0.6) is 0 Å². The van der Waals surface area contributed by atoms with Gasteiger partial charge in [-0.2, -0.15) is 0 Å². The van der Waals surface area contributed by atoms with Crippen LogP contribution in [0.25, 0.3) is 0 Å². The van der Waals surface area contributed by atoms with Crippen molar-refractivity contribution >= 4 is 23.3 Å². The van der Waals surface area contributed by atoms with Crippen molar-refractivity contribution in [3.8, 4) is 0 Å². The van der Waals surface area contributed by atoms with Crippen molar-refractivity contribution in [3.05, 3.63) is 46.5 Å². The number of furan rings is 1. The highest BCUT2D eigenvalue weighted by atomic mass is 32.1. The van der Waals surface area contributed by atoms with Gasteiger partial charge in [0.05, 0.1) is 12.5 Å². The molecule has 0 saturated heterocycles. The van der Waals surface area contributed by atoms with Crippen molar-refractivity contribution in [2.24, 2.45) is 0 Å². The summed E-state index contributed by atoms with van der Waals surface area (Å²) in [4.78, 5) is 23.3. The number of thiophene rings is 1. The van der Waals surface area contributed by atoms with E-state index in [4.69, 9.17) is 9.52 Å². The number of carbonyl (C=O) groups excluding carboxylic acids is 1. The van der Waals surface area contributed by atoms with E-state index in [1.165, 1.54) is 23.9 Å². The lowest BCUT2D eigenvalue weighted by atomic mass is 10.2. The molecule has 0 radical (unpaired) electrons. The first-order chi connectivity index (χ1) is 9.16. The topological polar surface area (TPSA) is 91.6 Å². The average Bonchev–Trinajstić information content (AvgIpc) is 3.05. The molecule has 2 heterocycles. The van der Waals surface area contributed by atoms with Crippen molar-refractivity contribution < 1.29 is 19.1 Å². The van der Waals surface area contributed by atoms with Crippen LogP contribution in [0.1, 0.15) is 16.5 Å². The Morgan fingerprint density at radius 2 is 2.26 bits per heavy atom. The van der Waals surface area contributed by atoms with E-state index >= 15 is 0 Å². The molecule has 3 N–H and O–H groups in total. The van der Waals surface area contributed by atoms with Gasteiger partial charge in [0.25, 0.3) is 0 Å². The van der Waals surface area contributed by atoms with Crippen LogP contribution in [0.3, 0.4) is 0 Å². The van der Waals surface area contributed by atoms with Crippen molar-refractivity contribution in [2.45, 2.75) is 12.6 Å². The summed E-state index contributed by atoms with van der Waals surface area (Å²) in [5.74, 6) is -1.10. The molecule has 2 aromatic rings. The SMILES string of the molecule is O=C(NCc1ccoc1)NC(C(=O)O)c1cccs1. The average molecular weight is 280 g/mol. The normalized spacial score (nSPS) is 11.8. The van der Waals surface area contributed by atoms with E-state index in [-0.39, 0.29) is 6.54 Å². The smallest absolute Gasteiger partial charge is 0.331 e. The van der Waals surface area contributed by atoms with Crippen LogP contribution in [0, 0.1) is 0 Å². The molecule has 0 spiro atoms. The summed E-state index contributed by atoms with van der Waals surface area (Å²) in [6.45, 7) is 0.277. The van der Waals surface area contributed by atoms with E-state index in [1.807, 2.05) is 0 Å². The van der Waals surface area contributed by atoms with Gasteiger partial charge in [0.15, 0.2) is 6.04 Å². The molecule has 1 unspecified atom stereocenters. The second-order valence-corrected chi connectivity index (χ2v) is 4.72. The van der Waals surface area contributed by atoms with Crippen LogP contribution in [0.4, 0.5) is 4.79 Å². The Hall–Kier alpha value is -2.28. The number of hydrogen-bond donors (Lipinski definition) is 3. The summed E-state index contributed by atoms with van der Waals surface area (Å²) in [5, 5.41) is 15.8. The molecule has 7 heteroatoms. The predicted octanol–water partition coefficient (Wildman–Crippen LogP) is 1.97. The Morgan fingerprint density at radius 3 is 2.84 bits per heavy atom. The first-order valence-corrected chi connectivity index (χ1v) is 6.36. The Bertz CT molecular complexity index is 536. The third kappa shape index (κ3) is 3.59. The summed E-state index contributed by atoms with van der Waals surface area (Å²) in [7, 11) is 0. The second kappa shape index (κ2) is 6.05. The van der Waals surface area contributed by atoms with Crippen LogP contribution in [-0.4, -0.2) is 17.1 Å². The summed E-state index contributed by atoms with van der Waals surface area (Å²) in [6.07, 6.45) is 3.01. The van der Waals surface area contributed by atoms with E-state index in [0.29, 0.717) is 4.88 Å². The zero-order valence-electron chi connectivity index (χ0n) is 9.83. The molecule has 2 rings (SSSR count). The van der Waals surface area contributed by atoms with Crippen molar-refractivity contribution in [2.75, 3.05) is 0 Å². The number of carboxylic acids is 1. The third-order valence-electron chi connectivity index (χ3n) is 2.38. The van der Waals surface area contributed by atoms with Gasteiger partial charge in [-0.25, -0.2) is 9.59 Å². The predicted molar refractivity (Wildman–Crippen MR) is 68.8 cm³/mol. The Balaban J connectivity index is 1.90. The maximum atomic E-state index is 11.6.